The van der Waals surface area contributed by atoms with E-state index in [0.29, 0.717) is 5.69 Å². The van der Waals surface area contributed by atoms with Gasteiger partial charge in [0.2, 0.25) is 10.0 Å². The summed E-state index contributed by atoms with van der Waals surface area (Å²) in [6, 6.07) is -1.81. The maximum atomic E-state index is 11.5. The predicted molar refractivity (Wildman–Crippen MR) is 73.1 cm³/mol. The Morgan fingerprint density at radius 1 is 1.43 bits per heavy atom. The summed E-state index contributed by atoms with van der Waals surface area (Å²) in [5, 5.41) is 13.7. The standard InChI is InChI=1S/C10H17N5O5S/c1-21(19,20)14-3-2-12-10(18)15-8(9(16)17)4-7-5-11-6-13-7/h5-6,8,14H,2-4H2,1H3,(H,11,13)(H,16,17)(H2,12,15,18)/t8-/m0/s1. The number of carbonyl (C=O) groups is 2. The molecule has 0 unspecified atom stereocenters. The van der Waals surface area contributed by atoms with Crippen LogP contribution in [0.1, 0.15) is 5.69 Å². The van der Waals surface area contributed by atoms with Gasteiger partial charge in [0, 0.05) is 31.4 Å². The van der Waals surface area contributed by atoms with Crippen molar-refractivity contribution in [2.45, 2.75) is 12.5 Å². The lowest BCUT2D eigenvalue weighted by molar-refractivity contribution is -0.139. The Morgan fingerprint density at radius 2 is 2.14 bits per heavy atom. The number of urea groups is 1. The summed E-state index contributed by atoms with van der Waals surface area (Å²) in [6.45, 7) is 0.0554. The minimum absolute atomic E-state index is 0.0184. The van der Waals surface area contributed by atoms with E-state index in [2.05, 4.69) is 25.3 Å². The number of carboxylic acids is 1. The number of H-pyrrole nitrogens is 1. The zero-order chi connectivity index (χ0) is 15.9. The number of aromatic amines is 1. The summed E-state index contributed by atoms with van der Waals surface area (Å²) in [4.78, 5) is 29.1. The van der Waals surface area contributed by atoms with Crippen LogP contribution in [0.4, 0.5) is 4.79 Å². The molecule has 0 saturated heterocycles. The van der Waals surface area contributed by atoms with Gasteiger partial charge in [-0.2, -0.15) is 0 Å². The van der Waals surface area contributed by atoms with Crippen LogP contribution in [0.2, 0.25) is 0 Å². The van der Waals surface area contributed by atoms with Crippen LogP contribution in [0.15, 0.2) is 12.5 Å². The third-order valence-electron chi connectivity index (χ3n) is 2.36. The van der Waals surface area contributed by atoms with Crippen molar-refractivity contribution < 1.29 is 23.1 Å². The van der Waals surface area contributed by atoms with Gasteiger partial charge in [-0.3, -0.25) is 0 Å². The van der Waals surface area contributed by atoms with Crippen LogP contribution in [0, 0.1) is 0 Å². The van der Waals surface area contributed by atoms with Crippen LogP contribution in [0.25, 0.3) is 0 Å². The van der Waals surface area contributed by atoms with E-state index in [9.17, 15) is 18.0 Å². The Balaban J connectivity index is 2.37. The molecule has 21 heavy (non-hydrogen) atoms. The fourth-order valence-electron chi connectivity index (χ4n) is 1.44. The SMILES string of the molecule is CS(=O)(=O)NCCNC(=O)N[C@@H](Cc1cnc[nH]1)C(=O)O. The Labute approximate surface area is 121 Å². The summed E-state index contributed by atoms with van der Waals surface area (Å²) in [6.07, 6.45) is 3.93. The first-order valence-corrected chi connectivity index (χ1v) is 7.86. The Kier molecular flexibility index (Phi) is 6.11. The lowest BCUT2D eigenvalue weighted by atomic mass is 10.2. The molecule has 10 nitrogen and oxygen atoms in total. The predicted octanol–water partition coefficient (Wildman–Crippen LogP) is -1.75. The van der Waals surface area contributed by atoms with Crippen LogP contribution in [0.3, 0.4) is 0 Å². The summed E-state index contributed by atoms with van der Waals surface area (Å²) < 4.78 is 23.8. The summed E-state index contributed by atoms with van der Waals surface area (Å²) in [5.74, 6) is -1.19. The van der Waals surface area contributed by atoms with E-state index >= 15 is 0 Å². The molecule has 0 aromatic carbocycles. The van der Waals surface area contributed by atoms with E-state index in [1.165, 1.54) is 12.5 Å². The number of amides is 2. The second-order valence-electron chi connectivity index (χ2n) is 4.24. The maximum absolute atomic E-state index is 11.5. The van der Waals surface area contributed by atoms with E-state index < -0.39 is 28.1 Å². The molecule has 1 heterocycles. The Hall–Kier alpha value is -2.14. The van der Waals surface area contributed by atoms with E-state index in [-0.39, 0.29) is 19.5 Å². The lowest BCUT2D eigenvalue weighted by Gasteiger charge is -2.14. The van der Waals surface area contributed by atoms with Crippen molar-refractivity contribution in [3.8, 4) is 0 Å². The van der Waals surface area contributed by atoms with Crippen molar-refractivity contribution in [1.82, 2.24) is 25.3 Å². The van der Waals surface area contributed by atoms with Crippen molar-refractivity contribution in [3.05, 3.63) is 18.2 Å². The van der Waals surface area contributed by atoms with Crippen molar-refractivity contribution in [2.24, 2.45) is 0 Å². The van der Waals surface area contributed by atoms with Crippen LogP contribution in [-0.2, 0) is 21.2 Å². The van der Waals surface area contributed by atoms with Crippen molar-refractivity contribution in [3.63, 3.8) is 0 Å². The number of hydrogen-bond acceptors (Lipinski definition) is 5. The molecule has 0 aliphatic heterocycles. The first-order chi connectivity index (χ1) is 9.78. The van der Waals surface area contributed by atoms with Crippen LogP contribution >= 0.6 is 0 Å². The lowest BCUT2D eigenvalue weighted by Crippen LogP contribution is -2.48. The monoisotopic (exact) mass is 319 g/mol. The first-order valence-electron chi connectivity index (χ1n) is 5.97. The average Bonchev–Trinajstić information content (AvgIpc) is 2.85. The molecule has 1 atom stereocenters. The van der Waals surface area contributed by atoms with Gasteiger partial charge >= 0.3 is 12.0 Å². The summed E-state index contributed by atoms with van der Waals surface area (Å²) in [7, 11) is -3.32. The second kappa shape index (κ2) is 7.59. The van der Waals surface area contributed by atoms with Gasteiger partial charge in [0.05, 0.1) is 12.6 Å². The molecular formula is C10H17N5O5S. The zero-order valence-electron chi connectivity index (χ0n) is 11.3. The number of hydrogen-bond donors (Lipinski definition) is 5. The third-order valence-corrected chi connectivity index (χ3v) is 3.09. The zero-order valence-corrected chi connectivity index (χ0v) is 12.1. The number of nitrogens with zero attached hydrogens (tertiary/aromatic N) is 1. The molecule has 0 radical (unpaired) electrons. The molecule has 1 rings (SSSR count). The van der Waals surface area contributed by atoms with Crippen LogP contribution < -0.4 is 15.4 Å². The average molecular weight is 319 g/mol. The minimum Gasteiger partial charge on any atom is -0.480 e. The number of nitrogens with one attached hydrogen (secondary N) is 4. The number of imidazole rings is 1. The minimum atomic E-state index is -3.32. The van der Waals surface area contributed by atoms with Crippen molar-refractivity contribution >= 4 is 22.0 Å². The highest BCUT2D eigenvalue weighted by molar-refractivity contribution is 7.88. The van der Waals surface area contributed by atoms with E-state index in [1.54, 1.807) is 0 Å². The largest absolute Gasteiger partial charge is 0.480 e. The molecular weight excluding hydrogens is 302 g/mol. The number of carbonyl (C=O) groups excluding carboxylic acids is 1. The van der Waals surface area contributed by atoms with Crippen LogP contribution in [0.5, 0.6) is 0 Å². The fraction of sp³-hybridized carbons (Fsp3) is 0.500. The molecule has 1 aromatic rings. The van der Waals surface area contributed by atoms with Gasteiger partial charge in [-0.1, -0.05) is 0 Å². The molecule has 0 spiro atoms. The van der Waals surface area contributed by atoms with E-state index in [0.717, 1.165) is 6.26 Å². The molecule has 0 fully saturated rings. The number of carboxylic acid groups (broad SMARTS) is 1. The van der Waals surface area contributed by atoms with Crippen molar-refractivity contribution in [2.75, 3.05) is 19.3 Å². The highest BCUT2D eigenvalue weighted by Crippen LogP contribution is 1.98. The molecule has 2 amide bonds. The van der Waals surface area contributed by atoms with Gasteiger partial charge in [-0.05, 0) is 0 Å². The molecule has 11 heteroatoms. The molecule has 1 aromatic heterocycles. The number of aliphatic carboxylic acids is 1. The second-order valence-corrected chi connectivity index (χ2v) is 6.07. The van der Waals surface area contributed by atoms with Gasteiger partial charge in [-0.15, -0.1) is 0 Å². The first kappa shape index (κ1) is 16.9. The number of sulfonamides is 1. The van der Waals surface area contributed by atoms with Gasteiger partial charge in [0.25, 0.3) is 0 Å². The topological polar surface area (TPSA) is 153 Å². The maximum Gasteiger partial charge on any atom is 0.326 e. The molecule has 118 valence electrons. The molecule has 0 aliphatic rings. The Morgan fingerprint density at radius 3 is 2.67 bits per heavy atom. The summed E-state index contributed by atoms with van der Waals surface area (Å²) >= 11 is 0. The number of rotatable bonds is 8. The molecule has 0 bridgehead atoms. The molecule has 5 N–H and O–H groups in total. The van der Waals surface area contributed by atoms with Gasteiger partial charge in [0.15, 0.2) is 0 Å². The highest BCUT2D eigenvalue weighted by Gasteiger charge is 2.20. The summed E-state index contributed by atoms with van der Waals surface area (Å²) in [5.41, 5.74) is 0.571. The van der Waals surface area contributed by atoms with Crippen LogP contribution in [-0.4, -0.2) is 60.9 Å². The quantitative estimate of drug-likeness (QED) is 0.358. The number of aromatic nitrogens is 2. The molecule has 0 aliphatic carbocycles. The fourth-order valence-corrected chi connectivity index (χ4v) is 1.91. The van der Waals surface area contributed by atoms with E-state index in [4.69, 9.17) is 5.11 Å². The van der Waals surface area contributed by atoms with E-state index in [1.807, 2.05) is 0 Å². The normalized spacial score (nSPS) is 12.6. The smallest absolute Gasteiger partial charge is 0.326 e. The highest BCUT2D eigenvalue weighted by atomic mass is 32.2. The van der Waals surface area contributed by atoms with Gasteiger partial charge < -0.3 is 20.7 Å². The Bertz CT molecular complexity index is 571. The van der Waals surface area contributed by atoms with Gasteiger partial charge in [0.1, 0.15) is 6.04 Å². The third kappa shape index (κ3) is 7.27. The van der Waals surface area contributed by atoms with Gasteiger partial charge in [-0.25, -0.2) is 27.7 Å². The van der Waals surface area contributed by atoms with Crippen molar-refractivity contribution in [1.29, 1.82) is 0 Å². The molecule has 0 saturated carbocycles.